The number of hydrogen-bond donors (Lipinski definition) is 2. The molecule has 0 radical (unpaired) electrons. The van der Waals surface area contributed by atoms with Gasteiger partial charge in [-0.25, -0.2) is 4.79 Å². The van der Waals surface area contributed by atoms with Crippen molar-refractivity contribution in [2.45, 2.75) is 111 Å². The molecular weight excluding hydrogens is 430 g/mol. The minimum absolute atomic E-state index is 0.0385. The summed E-state index contributed by atoms with van der Waals surface area (Å²) >= 11 is 0. The number of unbranched alkanes of at least 4 members (excludes halogenated alkanes) is 2. The number of benzene rings is 1. The number of ether oxygens (including phenoxy) is 1. The van der Waals surface area contributed by atoms with Crippen molar-refractivity contribution in [2.75, 3.05) is 6.54 Å². The van der Waals surface area contributed by atoms with Gasteiger partial charge in [0.05, 0.1) is 0 Å². The third-order valence-corrected chi connectivity index (χ3v) is 6.28. The number of nitrogens with one attached hydrogen (secondary N) is 2. The summed E-state index contributed by atoms with van der Waals surface area (Å²) < 4.78 is 5.34. The molecule has 1 aliphatic carbocycles. The molecule has 2 unspecified atom stereocenters. The van der Waals surface area contributed by atoms with Crippen LogP contribution in [-0.2, 0) is 14.3 Å². The van der Waals surface area contributed by atoms with E-state index in [4.69, 9.17) is 4.74 Å². The number of rotatable bonds is 10. The van der Waals surface area contributed by atoms with Crippen LogP contribution < -0.4 is 10.6 Å². The molecule has 0 aromatic heterocycles. The summed E-state index contributed by atoms with van der Waals surface area (Å²) in [6, 6.07) is 4.32. The Morgan fingerprint density at radius 1 is 1.12 bits per heavy atom. The smallest absolute Gasteiger partial charge is 0.408 e. The SMILES string of the molecule is CCCCCNC(=O)C(c1ccc(C)c(C)c1)N(C(=O)C(C)NC(=O)OC(C)(C)C)C1CCC1. The highest BCUT2D eigenvalue weighted by Crippen LogP contribution is 2.34. The Hall–Kier alpha value is -2.57. The van der Waals surface area contributed by atoms with Crippen LogP contribution in [0, 0.1) is 13.8 Å². The minimum Gasteiger partial charge on any atom is -0.444 e. The van der Waals surface area contributed by atoms with E-state index in [-0.39, 0.29) is 17.9 Å². The van der Waals surface area contributed by atoms with E-state index in [2.05, 4.69) is 17.6 Å². The van der Waals surface area contributed by atoms with Gasteiger partial charge in [0, 0.05) is 12.6 Å². The molecule has 7 heteroatoms. The molecule has 0 bridgehead atoms. The molecule has 1 fully saturated rings. The van der Waals surface area contributed by atoms with Crippen molar-refractivity contribution in [1.82, 2.24) is 15.5 Å². The maximum absolute atomic E-state index is 13.7. The van der Waals surface area contributed by atoms with Gasteiger partial charge in [-0.2, -0.15) is 0 Å². The van der Waals surface area contributed by atoms with E-state index in [0.29, 0.717) is 6.54 Å². The highest BCUT2D eigenvalue weighted by Gasteiger charge is 2.40. The van der Waals surface area contributed by atoms with Gasteiger partial charge in [0.15, 0.2) is 0 Å². The molecule has 1 saturated carbocycles. The largest absolute Gasteiger partial charge is 0.444 e. The summed E-state index contributed by atoms with van der Waals surface area (Å²) in [7, 11) is 0. The number of amides is 3. The van der Waals surface area contributed by atoms with Crippen molar-refractivity contribution < 1.29 is 19.1 Å². The molecular formula is C27H43N3O4. The van der Waals surface area contributed by atoms with Crippen LogP contribution in [-0.4, -0.2) is 47.0 Å². The summed E-state index contributed by atoms with van der Waals surface area (Å²) in [6.07, 6.45) is 5.06. The highest BCUT2D eigenvalue weighted by molar-refractivity contribution is 5.92. The highest BCUT2D eigenvalue weighted by atomic mass is 16.6. The Morgan fingerprint density at radius 3 is 2.32 bits per heavy atom. The lowest BCUT2D eigenvalue weighted by molar-refractivity contribution is -0.147. The first-order valence-electron chi connectivity index (χ1n) is 12.6. The average molecular weight is 474 g/mol. The van der Waals surface area contributed by atoms with Crippen molar-refractivity contribution in [3.8, 4) is 0 Å². The van der Waals surface area contributed by atoms with Crippen LogP contribution in [0.4, 0.5) is 4.79 Å². The first kappa shape index (κ1) is 27.7. The van der Waals surface area contributed by atoms with Gasteiger partial charge >= 0.3 is 6.09 Å². The van der Waals surface area contributed by atoms with Gasteiger partial charge in [-0.15, -0.1) is 0 Å². The van der Waals surface area contributed by atoms with E-state index in [9.17, 15) is 14.4 Å². The average Bonchev–Trinajstić information content (AvgIpc) is 2.69. The Bertz CT molecular complexity index is 858. The molecule has 2 atom stereocenters. The lowest BCUT2D eigenvalue weighted by Crippen LogP contribution is -2.56. The Morgan fingerprint density at radius 2 is 1.79 bits per heavy atom. The quantitative estimate of drug-likeness (QED) is 0.471. The molecule has 190 valence electrons. The third-order valence-electron chi connectivity index (χ3n) is 6.28. The van der Waals surface area contributed by atoms with Crippen molar-refractivity contribution in [2.24, 2.45) is 0 Å². The summed E-state index contributed by atoms with van der Waals surface area (Å²) in [5, 5.41) is 5.72. The maximum atomic E-state index is 13.7. The van der Waals surface area contributed by atoms with Crippen molar-refractivity contribution in [3.05, 3.63) is 34.9 Å². The molecule has 0 saturated heterocycles. The number of nitrogens with zero attached hydrogens (tertiary/aromatic N) is 1. The molecule has 1 aromatic rings. The van der Waals surface area contributed by atoms with Gasteiger partial charge in [0.2, 0.25) is 11.8 Å². The molecule has 0 heterocycles. The fourth-order valence-corrected chi connectivity index (χ4v) is 4.01. The predicted molar refractivity (Wildman–Crippen MR) is 135 cm³/mol. The van der Waals surface area contributed by atoms with E-state index >= 15 is 0 Å². The topological polar surface area (TPSA) is 87.7 Å². The van der Waals surface area contributed by atoms with Gasteiger partial charge < -0.3 is 20.3 Å². The van der Waals surface area contributed by atoms with Gasteiger partial charge in [-0.1, -0.05) is 38.0 Å². The standard InChI is InChI=1S/C27H43N3O4/c1-8-9-10-16-28-24(31)23(21-15-14-18(2)19(3)17-21)30(22-12-11-13-22)25(32)20(4)29-26(33)34-27(5,6)7/h14-15,17,20,22-23H,8-13,16H2,1-7H3,(H,28,31)(H,29,33). The lowest BCUT2D eigenvalue weighted by atomic mass is 9.87. The molecule has 1 aromatic carbocycles. The van der Waals surface area contributed by atoms with E-state index in [1.165, 1.54) is 0 Å². The van der Waals surface area contributed by atoms with Crippen LogP contribution in [0.3, 0.4) is 0 Å². The fraction of sp³-hybridized carbons (Fsp3) is 0.667. The van der Waals surface area contributed by atoms with Crippen LogP contribution in [0.25, 0.3) is 0 Å². The fourth-order valence-electron chi connectivity index (χ4n) is 4.01. The van der Waals surface area contributed by atoms with Crippen molar-refractivity contribution in [3.63, 3.8) is 0 Å². The van der Waals surface area contributed by atoms with E-state index in [1.807, 2.05) is 32.0 Å². The molecule has 34 heavy (non-hydrogen) atoms. The van der Waals surface area contributed by atoms with Crippen LogP contribution in [0.15, 0.2) is 18.2 Å². The molecule has 7 nitrogen and oxygen atoms in total. The summed E-state index contributed by atoms with van der Waals surface area (Å²) in [5.41, 5.74) is 2.33. The first-order chi connectivity index (χ1) is 15.9. The van der Waals surface area contributed by atoms with Crippen LogP contribution in [0.5, 0.6) is 0 Å². The zero-order valence-electron chi connectivity index (χ0n) is 22.0. The Kier molecular flexibility index (Phi) is 9.95. The summed E-state index contributed by atoms with van der Waals surface area (Å²) in [6.45, 7) is 13.7. The molecule has 1 aliphatic rings. The zero-order chi connectivity index (χ0) is 25.5. The molecule has 2 N–H and O–H groups in total. The van der Waals surface area contributed by atoms with Gasteiger partial charge in [-0.05, 0) is 83.9 Å². The van der Waals surface area contributed by atoms with Gasteiger partial charge in [-0.3, -0.25) is 9.59 Å². The lowest BCUT2D eigenvalue weighted by Gasteiger charge is -2.43. The van der Waals surface area contributed by atoms with Crippen LogP contribution >= 0.6 is 0 Å². The Labute approximate surface area is 205 Å². The summed E-state index contributed by atoms with van der Waals surface area (Å²) in [5.74, 6) is -0.452. The first-order valence-corrected chi connectivity index (χ1v) is 12.6. The number of aryl methyl sites for hydroxylation is 2. The second-order valence-electron chi connectivity index (χ2n) is 10.4. The normalized spacial score (nSPS) is 15.6. The van der Waals surface area contributed by atoms with Crippen molar-refractivity contribution in [1.29, 1.82) is 0 Å². The van der Waals surface area contributed by atoms with Crippen LogP contribution in [0.1, 0.15) is 95.9 Å². The molecule has 0 spiro atoms. The number of alkyl carbamates (subject to hydrolysis) is 1. The van der Waals surface area contributed by atoms with Gasteiger partial charge in [0.25, 0.3) is 0 Å². The third kappa shape index (κ3) is 7.74. The maximum Gasteiger partial charge on any atom is 0.408 e. The molecule has 0 aliphatic heterocycles. The number of carbonyl (C=O) groups excluding carboxylic acids is 3. The van der Waals surface area contributed by atoms with Gasteiger partial charge in [0.1, 0.15) is 17.7 Å². The predicted octanol–water partition coefficient (Wildman–Crippen LogP) is 4.95. The second-order valence-corrected chi connectivity index (χ2v) is 10.4. The second kappa shape index (κ2) is 12.2. The summed E-state index contributed by atoms with van der Waals surface area (Å²) in [4.78, 5) is 41.2. The van der Waals surface area contributed by atoms with E-state index < -0.39 is 23.8 Å². The number of carbonyl (C=O) groups is 3. The van der Waals surface area contributed by atoms with Crippen molar-refractivity contribution >= 4 is 17.9 Å². The minimum atomic E-state index is -0.822. The number of hydrogen-bond acceptors (Lipinski definition) is 4. The van der Waals surface area contributed by atoms with Crippen LogP contribution in [0.2, 0.25) is 0 Å². The molecule has 3 amide bonds. The monoisotopic (exact) mass is 473 g/mol. The Balaban J connectivity index is 2.34. The molecule has 2 rings (SSSR count). The zero-order valence-corrected chi connectivity index (χ0v) is 22.0. The van der Waals surface area contributed by atoms with E-state index in [1.54, 1.807) is 32.6 Å². The van der Waals surface area contributed by atoms with E-state index in [0.717, 1.165) is 55.2 Å².